The van der Waals surface area contributed by atoms with Crippen molar-refractivity contribution < 1.29 is 9.53 Å². The van der Waals surface area contributed by atoms with Crippen LogP contribution in [0.2, 0.25) is 0 Å². The van der Waals surface area contributed by atoms with E-state index in [-0.39, 0.29) is 11.5 Å². The van der Waals surface area contributed by atoms with E-state index < -0.39 is 0 Å². The predicted octanol–water partition coefficient (Wildman–Crippen LogP) is 3.42. The lowest BCUT2D eigenvalue weighted by Gasteiger charge is -2.49. The maximum absolute atomic E-state index is 12.9. The number of benzene rings is 1. The smallest absolute Gasteiger partial charge is 0.253 e. The summed E-state index contributed by atoms with van der Waals surface area (Å²) in [5, 5.41) is 0. The van der Waals surface area contributed by atoms with Gasteiger partial charge in [0.25, 0.3) is 5.91 Å². The highest BCUT2D eigenvalue weighted by Crippen LogP contribution is 2.37. The van der Waals surface area contributed by atoms with Crippen molar-refractivity contribution in [3.8, 4) is 0 Å². The first-order valence-corrected chi connectivity index (χ1v) is 11.9. The number of piperidine rings is 1. The minimum Gasteiger partial charge on any atom is -0.375 e. The lowest BCUT2D eigenvalue weighted by Crippen LogP contribution is -2.57. The maximum atomic E-state index is 12.9. The number of piperazine rings is 1. The van der Waals surface area contributed by atoms with Crippen molar-refractivity contribution in [1.29, 1.82) is 0 Å². The first-order valence-electron chi connectivity index (χ1n) is 11.9. The second kappa shape index (κ2) is 9.37. The Morgan fingerprint density at radius 1 is 1.13 bits per heavy atom. The van der Waals surface area contributed by atoms with Crippen LogP contribution in [0.3, 0.4) is 0 Å². The van der Waals surface area contributed by atoms with Crippen LogP contribution >= 0.6 is 0 Å². The van der Waals surface area contributed by atoms with Crippen molar-refractivity contribution >= 4 is 5.91 Å². The number of hydrogen-bond acceptors (Lipinski definition) is 4. The monoisotopic (exact) mass is 413 g/mol. The normalized spacial score (nSPS) is 25.7. The van der Waals surface area contributed by atoms with Gasteiger partial charge in [-0.1, -0.05) is 31.5 Å². The molecule has 4 rings (SSSR count). The molecule has 1 spiro atoms. The number of hydrogen-bond donors (Lipinski definition) is 0. The lowest BCUT2D eigenvalue weighted by atomic mass is 9.81. The molecule has 3 saturated heterocycles. The van der Waals surface area contributed by atoms with E-state index in [1.165, 1.54) is 32.7 Å². The van der Waals surface area contributed by atoms with E-state index in [2.05, 4.69) is 23.6 Å². The molecule has 3 aliphatic rings. The molecule has 3 heterocycles. The third-order valence-electron chi connectivity index (χ3n) is 7.24. The van der Waals surface area contributed by atoms with E-state index in [1.807, 2.05) is 36.1 Å². The van der Waals surface area contributed by atoms with Gasteiger partial charge in [-0.3, -0.25) is 9.69 Å². The van der Waals surface area contributed by atoms with E-state index in [0.29, 0.717) is 6.04 Å². The third kappa shape index (κ3) is 5.06. The molecule has 0 unspecified atom stereocenters. The Balaban J connectivity index is 1.30. The van der Waals surface area contributed by atoms with E-state index >= 15 is 0 Å². The lowest BCUT2D eigenvalue weighted by molar-refractivity contribution is -0.132. The van der Waals surface area contributed by atoms with Crippen molar-refractivity contribution in [2.24, 2.45) is 5.92 Å². The summed E-state index contributed by atoms with van der Waals surface area (Å²) in [6.07, 6.45) is 4.21. The topological polar surface area (TPSA) is 36.0 Å². The van der Waals surface area contributed by atoms with Gasteiger partial charge < -0.3 is 14.5 Å². The fourth-order valence-corrected chi connectivity index (χ4v) is 5.57. The highest BCUT2D eigenvalue weighted by atomic mass is 16.5. The van der Waals surface area contributed by atoms with Crippen LogP contribution in [-0.4, -0.2) is 84.7 Å². The number of rotatable bonds is 4. The molecule has 30 heavy (non-hydrogen) atoms. The van der Waals surface area contributed by atoms with Crippen LogP contribution in [0.5, 0.6) is 0 Å². The average molecular weight is 414 g/mol. The quantitative estimate of drug-likeness (QED) is 0.758. The molecule has 0 aromatic heterocycles. The Kier molecular flexibility index (Phi) is 6.81. The van der Waals surface area contributed by atoms with Gasteiger partial charge in [0, 0.05) is 64.0 Å². The molecule has 166 valence electrons. The van der Waals surface area contributed by atoms with Gasteiger partial charge in [-0.25, -0.2) is 0 Å². The molecule has 5 nitrogen and oxygen atoms in total. The van der Waals surface area contributed by atoms with E-state index in [9.17, 15) is 4.79 Å². The van der Waals surface area contributed by atoms with Crippen molar-refractivity contribution in [1.82, 2.24) is 14.7 Å². The molecular formula is C25H39N3O2. The number of amides is 1. The van der Waals surface area contributed by atoms with Crippen molar-refractivity contribution in [3.05, 3.63) is 35.4 Å². The van der Waals surface area contributed by atoms with Gasteiger partial charge in [0.05, 0.1) is 5.60 Å². The van der Waals surface area contributed by atoms with Gasteiger partial charge >= 0.3 is 0 Å². The van der Waals surface area contributed by atoms with Gasteiger partial charge in [0.1, 0.15) is 0 Å². The largest absolute Gasteiger partial charge is 0.375 e. The number of likely N-dealkylation sites (tertiary alicyclic amines) is 1. The summed E-state index contributed by atoms with van der Waals surface area (Å²) in [5.74, 6) is 0.915. The average Bonchev–Trinajstić information content (AvgIpc) is 2.74. The summed E-state index contributed by atoms with van der Waals surface area (Å²) >= 11 is 0. The molecule has 0 bridgehead atoms. The van der Waals surface area contributed by atoms with Gasteiger partial charge in [-0.2, -0.15) is 0 Å². The number of nitrogens with zero attached hydrogens (tertiary/aromatic N) is 3. The Morgan fingerprint density at radius 3 is 2.53 bits per heavy atom. The van der Waals surface area contributed by atoms with Crippen LogP contribution in [0.4, 0.5) is 0 Å². The molecule has 0 aliphatic carbocycles. The van der Waals surface area contributed by atoms with Crippen molar-refractivity contribution in [2.75, 3.05) is 52.4 Å². The van der Waals surface area contributed by atoms with Crippen molar-refractivity contribution in [3.63, 3.8) is 0 Å². The molecule has 0 N–H and O–H groups in total. The molecule has 3 fully saturated rings. The predicted molar refractivity (Wildman–Crippen MR) is 121 cm³/mol. The Morgan fingerprint density at radius 2 is 1.87 bits per heavy atom. The number of carbonyl (C=O) groups excluding carboxylic acids is 1. The number of aryl methyl sites for hydroxylation is 1. The van der Waals surface area contributed by atoms with Crippen LogP contribution < -0.4 is 0 Å². The first-order chi connectivity index (χ1) is 14.4. The third-order valence-corrected chi connectivity index (χ3v) is 7.24. The Hall–Kier alpha value is -1.43. The zero-order chi connectivity index (χ0) is 21.1. The molecule has 3 aliphatic heterocycles. The fraction of sp³-hybridized carbons (Fsp3) is 0.720. The summed E-state index contributed by atoms with van der Waals surface area (Å²) in [7, 11) is 0. The van der Waals surface area contributed by atoms with Gasteiger partial charge in [0.15, 0.2) is 0 Å². The van der Waals surface area contributed by atoms with E-state index in [1.54, 1.807) is 0 Å². The fourth-order valence-electron chi connectivity index (χ4n) is 5.57. The standard InChI is InChI=1S/C25H39N3O2/c1-20(2)19-26-12-14-27(15-13-26)23-7-16-30-25(18-23)8-10-28(11-9-25)24(29)22-6-4-5-21(3)17-22/h4-6,17,20,23H,7-16,18-19H2,1-3H3/t23-/m0/s1. The number of ether oxygens (including phenoxy) is 1. The Bertz CT molecular complexity index is 719. The van der Waals surface area contributed by atoms with Crippen LogP contribution in [0.25, 0.3) is 0 Å². The van der Waals surface area contributed by atoms with Gasteiger partial charge in [0.2, 0.25) is 0 Å². The highest BCUT2D eigenvalue weighted by molar-refractivity contribution is 5.94. The van der Waals surface area contributed by atoms with E-state index in [4.69, 9.17) is 4.74 Å². The molecule has 0 radical (unpaired) electrons. The maximum Gasteiger partial charge on any atom is 0.253 e. The van der Waals surface area contributed by atoms with Crippen LogP contribution in [0, 0.1) is 12.8 Å². The summed E-state index contributed by atoms with van der Waals surface area (Å²) < 4.78 is 6.38. The van der Waals surface area contributed by atoms with Gasteiger partial charge in [-0.05, 0) is 50.7 Å². The molecule has 0 saturated carbocycles. The van der Waals surface area contributed by atoms with Crippen molar-refractivity contribution in [2.45, 2.75) is 58.1 Å². The second-order valence-electron chi connectivity index (χ2n) is 10.1. The molecular weight excluding hydrogens is 374 g/mol. The molecule has 1 atom stereocenters. The summed E-state index contributed by atoms with van der Waals surface area (Å²) in [6, 6.07) is 8.59. The summed E-state index contributed by atoms with van der Waals surface area (Å²) in [6.45, 7) is 15.1. The first kappa shape index (κ1) is 21.8. The zero-order valence-corrected chi connectivity index (χ0v) is 19.1. The Labute approximate surface area is 182 Å². The SMILES string of the molecule is Cc1cccc(C(=O)N2CCC3(CC2)C[C@@H](N2CCN(CC(C)C)CC2)CCO3)c1. The second-order valence-corrected chi connectivity index (χ2v) is 10.1. The molecule has 1 amide bonds. The van der Waals surface area contributed by atoms with Crippen LogP contribution in [0.1, 0.15) is 55.5 Å². The molecule has 5 heteroatoms. The van der Waals surface area contributed by atoms with Gasteiger partial charge in [-0.15, -0.1) is 0 Å². The zero-order valence-electron chi connectivity index (χ0n) is 19.1. The van der Waals surface area contributed by atoms with Crippen LogP contribution in [-0.2, 0) is 4.74 Å². The minimum absolute atomic E-state index is 0.0264. The van der Waals surface area contributed by atoms with E-state index in [0.717, 1.165) is 62.4 Å². The minimum atomic E-state index is -0.0264. The highest BCUT2D eigenvalue weighted by Gasteiger charge is 2.43. The molecule has 1 aromatic carbocycles. The summed E-state index contributed by atoms with van der Waals surface area (Å²) in [5.41, 5.74) is 1.93. The summed E-state index contributed by atoms with van der Waals surface area (Å²) in [4.78, 5) is 20.3. The molecule has 1 aromatic rings. The van der Waals surface area contributed by atoms with Crippen LogP contribution in [0.15, 0.2) is 24.3 Å². The number of carbonyl (C=O) groups is 1.